The van der Waals surface area contributed by atoms with E-state index in [2.05, 4.69) is 25.5 Å². The molecule has 7 nitrogen and oxygen atoms in total. The molecule has 114 valence electrons. The lowest BCUT2D eigenvalue weighted by Crippen LogP contribution is -2.18. The number of nitrogens with two attached hydrogens (primary N) is 1. The first-order valence-corrected chi connectivity index (χ1v) is 8.02. The number of rotatable bonds is 3. The Labute approximate surface area is 130 Å². The van der Waals surface area contributed by atoms with Crippen LogP contribution in [0.1, 0.15) is 19.3 Å². The SMILES string of the molecule is Nc1nc(N[C@H]2CCC(O)C2)c2sc(-c3ccn[nH]3)cc2n1. The lowest BCUT2D eigenvalue weighted by molar-refractivity contribution is 0.182. The van der Waals surface area contributed by atoms with Gasteiger partial charge in [-0.05, 0) is 31.4 Å². The fourth-order valence-electron chi connectivity index (χ4n) is 2.85. The van der Waals surface area contributed by atoms with E-state index in [1.165, 1.54) is 0 Å². The molecule has 0 aliphatic heterocycles. The molecule has 0 spiro atoms. The van der Waals surface area contributed by atoms with Crippen LogP contribution in [0.25, 0.3) is 20.8 Å². The number of hydrogen-bond acceptors (Lipinski definition) is 7. The second kappa shape index (κ2) is 5.22. The number of aliphatic hydroxyl groups excluding tert-OH is 1. The van der Waals surface area contributed by atoms with Crippen molar-refractivity contribution in [1.29, 1.82) is 0 Å². The van der Waals surface area contributed by atoms with E-state index in [4.69, 9.17) is 5.73 Å². The summed E-state index contributed by atoms with van der Waals surface area (Å²) < 4.78 is 0.972. The fraction of sp³-hybridized carbons (Fsp3) is 0.357. The van der Waals surface area contributed by atoms with Crippen LogP contribution in [0.4, 0.5) is 11.8 Å². The number of fused-ring (bicyclic) bond motifs is 1. The van der Waals surface area contributed by atoms with Crippen molar-refractivity contribution in [2.75, 3.05) is 11.1 Å². The normalized spacial score (nSPS) is 21.5. The summed E-state index contributed by atoms with van der Waals surface area (Å²) in [5.74, 6) is 1.000. The van der Waals surface area contributed by atoms with Gasteiger partial charge in [-0.1, -0.05) is 0 Å². The highest BCUT2D eigenvalue weighted by molar-refractivity contribution is 7.22. The van der Waals surface area contributed by atoms with Crippen LogP contribution in [-0.2, 0) is 0 Å². The molecule has 0 radical (unpaired) electrons. The van der Waals surface area contributed by atoms with Crippen molar-refractivity contribution in [1.82, 2.24) is 20.2 Å². The molecule has 1 unspecified atom stereocenters. The first kappa shape index (κ1) is 13.5. The van der Waals surface area contributed by atoms with Crippen LogP contribution in [-0.4, -0.2) is 37.4 Å². The predicted molar refractivity (Wildman–Crippen MR) is 86.7 cm³/mol. The van der Waals surface area contributed by atoms with Gasteiger partial charge in [0.15, 0.2) is 0 Å². The van der Waals surface area contributed by atoms with Gasteiger partial charge in [0.05, 0.1) is 26.9 Å². The summed E-state index contributed by atoms with van der Waals surface area (Å²) >= 11 is 1.60. The van der Waals surface area contributed by atoms with Gasteiger partial charge in [-0.3, -0.25) is 5.10 Å². The van der Waals surface area contributed by atoms with Crippen molar-refractivity contribution >= 4 is 33.3 Å². The summed E-state index contributed by atoms with van der Waals surface area (Å²) in [7, 11) is 0. The molecule has 1 fully saturated rings. The van der Waals surface area contributed by atoms with Crippen LogP contribution in [0.3, 0.4) is 0 Å². The molecule has 0 aromatic carbocycles. The van der Waals surface area contributed by atoms with E-state index >= 15 is 0 Å². The second-order valence-corrected chi connectivity index (χ2v) is 6.59. The fourth-order valence-corrected chi connectivity index (χ4v) is 3.88. The van der Waals surface area contributed by atoms with Gasteiger partial charge in [-0.15, -0.1) is 11.3 Å². The van der Waals surface area contributed by atoms with Crippen LogP contribution in [0, 0.1) is 0 Å². The van der Waals surface area contributed by atoms with Gasteiger partial charge in [0, 0.05) is 12.2 Å². The van der Waals surface area contributed by atoms with Crippen molar-refractivity contribution in [3.63, 3.8) is 0 Å². The van der Waals surface area contributed by atoms with Gasteiger partial charge in [-0.2, -0.15) is 10.1 Å². The number of nitrogens with one attached hydrogen (secondary N) is 2. The highest BCUT2D eigenvalue weighted by atomic mass is 32.1. The molecule has 3 aromatic rings. The summed E-state index contributed by atoms with van der Waals surface area (Å²) in [5.41, 5.74) is 7.60. The standard InChI is InChI=1S/C14H16N6OS/c15-14-18-10-6-11(9-3-4-16-20-9)22-12(10)13(19-14)17-7-1-2-8(21)5-7/h3-4,6-8,21H,1-2,5H2,(H,16,20)(H3,15,17,18,19)/t7-,8?/m0/s1. The number of aromatic amines is 1. The molecule has 5 N–H and O–H groups in total. The Bertz CT molecular complexity index is 799. The molecule has 1 aliphatic rings. The Morgan fingerprint density at radius 2 is 2.27 bits per heavy atom. The third kappa shape index (κ3) is 2.40. The number of thiophene rings is 1. The monoisotopic (exact) mass is 316 g/mol. The maximum absolute atomic E-state index is 9.67. The Morgan fingerprint density at radius 3 is 3.00 bits per heavy atom. The zero-order chi connectivity index (χ0) is 15.1. The van der Waals surface area contributed by atoms with E-state index < -0.39 is 0 Å². The summed E-state index contributed by atoms with van der Waals surface area (Å²) in [6.07, 6.45) is 4.00. The second-order valence-electron chi connectivity index (χ2n) is 5.53. The molecule has 4 rings (SSSR count). The molecule has 2 atom stereocenters. The number of nitrogen functional groups attached to an aromatic ring is 1. The Kier molecular flexibility index (Phi) is 3.20. The van der Waals surface area contributed by atoms with Gasteiger partial charge < -0.3 is 16.2 Å². The van der Waals surface area contributed by atoms with E-state index in [-0.39, 0.29) is 18.1 Å². The molecule has 1 aliphatic carbocycles. The summed E-state index contributed by atoms with van der Waals surface area (Å²) in [6, 6.07) is 4.13. The smallest absolute Gasteiger partial charge is 0.222 e. The van der Waals surface area contributed by atoms with Crippen molar-refractivity contribution in [3.8, 4) is 10.6 Å². The summed E-state index contributed by atoms with van der Waals surface area (Å²) in [5, 5.41) is 20.0. The van der Waals surface area contributed by atoms with Crippen LogP contribution >= 0.6 is 11.3 Å². The number of nitrogens with zero attached hydrogens (tertiary/aromatic N) is 3. The Morgan fingerprint density at radius 1 is 1.36 bits per heavy atom. The number of aromatic nitrogens is 4. The minimum atomic E-state index is -0.226. The molecule has 0 bridgehead atoms. The van der Waals surface area contributed by atoms with Crippen LogP contribution in [0.15, 0.2) is 18.3 Å². The maximum atomic E-state index is 9.67. The number of hydrogen-bond donors (Lipinski definition) is 4. The number of anilines is 2. The van der Waals surface area contributed by atoms with E-state index in [9.17, 15) is 5.11 Å². The first-order valence-electron chi connectivity index (χ1n) is 7.20. The molecular formula is C14H16N6OS. The van der Waals surface area contributed by atoms with Crippen LogP contribution in [0.5, 0.6) is 0 Å². The lowest BCUT2D eigenvalue weighted by Gasteiger charge is -2.13. The maximum Gasteiger partial charge on any atom is 0.222 e. The largest absolute Gasteiger partial charge is 0.393 e. The minimum Gasteiger partial charge on any atom is -0.393 e. The number of aliphatic hydroxyl groups is 1. The highest BCUT2D eigenvalue weighted by Gasteiger charge is 2.24. The molecular weight excluding hydrogens is 300 g/mol. The average Bonchev–Trinajstić information content (AvgIpc) is 3.18. The molecule has 3 aromatic heterocycles. The topological polar surface area (TPSA) is 113 Å². The minimum absolute atomic E-state index is 0.226. The summed E-state index contributed by atoms with van der Waals surface area (Å²) in [6.45, 7) is 0. The Balaban J connectivity index is 1.73. The van der Waals surface area contributed by atoms with Gasteiger partial charge >= 0.3 is 0 Å². The zero-order valence-electron chi connectivity index (χ0n) is 11.8. The molecule has 1 saturated carbocycles. The third-order valence-electron chi connectivity index (χ3n) is 3.90. The van der Waals surface area contributed by atoms with Gasteiger partial charge in [0.25, 0.3) is 0 Å². The quantitative estimate of drug-likeness (QED) is 0.588. The average molecular weight is 316 g/mol. The van der Waals surface area contributed by atoms with Crippen LogP contribution < -0.4 is 11.1 Å². The van der Waals surface area contributed by atoms with Gasteiger partial charge in [-0.25, -0.2) is 4.98 Å². The Hall–Kier alpha value is -2.19. The molecule has 8 heteroatoms. The summed E-state index contributed by atoms with van der Waals surface area (Å²) in [4.78, 5) is 9.70. The third-order valence-corrected chi connectivity index (χ3v) is 5.07. The van der Waals surface area contributed by atoms with Crippen LogP contribution in [0.2, 0.25) is 0 Å². The van der Waals surface area contributed by atoms with Crippen molar-refractivity contribution in [3.05, 3.63) is 18.3 Å². The zero-order valence-corrected chi connectivity index (χ0v) is 12.6. The predicted octanol–water partition coefficient (Wildman–Crippen LogP) is 1.99. The van der Waals surface area contributed by atoms with E-state index in [1.54, 1.807) is 17.5 Å². The molecule has 3 heterocycles. The van der Waals surface area contributed by atoms with E-state index in [1.807, 2.05) is 12.1 Å². The first-order chi connectivity index (χ1) is 10.7. The molecule has 0 amide bonds. The van der Waals surface area contributed by atoms with Gasteiger partial charge in [0.1, 0.15) is 5.82 Å². The van der Waals surface area contributed by atoms with Crippen molar-refractivity contribution in [2.45, 2.75) is 31.4 Å². The lowest BCUT2D eigenvalue weighted by atomic mass is 10.2. The highest BCUT2D eigenvalue weighted by Crippen LogP contribution is 2.36. The van der Waals surface area contributed by atoms with Crippen molar-refractivity contribution in [2.24, 2.45) is 0 Å². The number of H-pyrrole nitrogens is 1. The van der Waals surface area contributed by atoms with Gasteiger partial charge in [0.2, 0.25) is 5.95 Å². The van der Waals surface area contributed by atoms with E-state index in [0.717, 1.165) is 45.9 Å². The van der Waals surface area contributed by atoms with E-state index in [0.29, 0.717) is 0 Å². The van der Waals surface area contributed by atoms with Crippen molar-refractivity contribution < 1.29 is 5.11 Å². The molecule has 0 saturated heterocycles. The molecule has 22 heavy (non-hydrogen) atoms.